The Bertz CT molecular complexity index is 951. The molecule has 0 amide bonds. The van der Waals surface area contributed by atoms with Gasteiger partial charge in [-0.15, -0.1) is 0 Å². The lowest BCUT2D eigenvalue weighted by Crippen LogP contribution is -2.24. The first kappa shape index (κ1) is 19.6. The molecule has 0 aliphatic carbocycles. The van der Waals surface area contributed by atoms with Crippen LogP contribution in [-0.4, -0.2) is 50.3 Å². The van der Waals surface area contributed by atoms with Gasteiger partial charge in [0.15, 0.2) is 5.78 Å². The van der Waals surface area contributed by atoms with Gasteiger partial charge in [-0.05, 0) is 42.2 Å². The number of rotatable bonds is 5. The van der Waals surface area contributed by atoms with Crippen LogP contribution in [0.5, 0.6) is 0 Å². The quantitative estimate of drug-likeness (QED) is 0.730. The molecule has 6 nitrogen and oxygen atoms in total. The molecule has 2 aromatic rings. The van der Waals surface area contributed by atoms with Gasteiger partial charge in [0.25, 0.3) is 0 Å². The molecule has 1 fully saturated rings. The minimum atomic E-state index is 0.0596. The van der Waals surface area contributed by atoms with Gasteiger partial charge in [0.2, 0.25) is 0 Å². The summed E-state index contributed by atoms with van der Waals surface area (Å²) in [6.45, 7) is 2.89. The van der Waals surface area contributed by atoms with Gasteiger partial charge in [-0.1, -0.05) is 12.1 Å². The Morgan fingerprint density at radius 2 is 2.21 bits per heavy atom. The van der Waals surface area contributed by atoms with E-state index in [1.165, 1.54) is 0 Å². The largest absolute Gasteiger partial charge is 0.381 e. The zero-order valence-electron chi connectivity index (χ0n) is 16.7. The Morgan fingerprint density at radius 3 is 3.00 bits per heavy atom. The van der Waals surface area contributed by atoms with Crippen molar-refractivity contribution in [2.75, 3.05) is 38.3 Å². The molecular formula is C23H25N3O3. The van der Waals surface area contributed by atoms with Gasteiger partial charge in [0.1, 0.15) is 5.82 Å². The van der Waals surface area contributed by atoms with E-state index < -0.39 is 0 Å². The van der Waals surface area contributed by atoms with E-state index >= 15 is 0 Å². The summed E-state index contributed by atoms with van der Waals surface area (Å²) in [5.74, 6) is 0.906. The molecule has 4 rings (SSSR count). The number of methoxy groups -OCH3 is 1. The summed E-state index contributed by atoms with van der Waals surface area (Å²) in [7, 11) is 1.74. The molecule has 1 atom stereocenters. The second-order valence-electron chi connectivity index (χ2n) is 7.57. The van der Waals surface area contributed by atoms with Gasteiger partial charge in [0.05, 0.1) is 31.0 Å². The van der Waals surface area contributed by atoms with E-state index in [4.69, 9.17) is 19.7 Å². The fourth-order valence-corrected chi connectivity index (χ4v) is 4.11. The van der Waals surface area contributed by atoms with Gasteiger partial charge in [-0.25, -0.2) is 4.98 Å². The molecule has 1 saturated heterocycles. The minimum Gasteiger partial charge on any atom is -0.381 e. The van der Waals surface area contributed by atoms with Crippen LogP contribution in [0.3, 0.4) is 0 Å². The van der Waals surface area contributed by atoms with Crippen LogP contribution in [-0.2, 0) is 28.7 Å². The predicted octanol–water partition coefficient (Wildman–Crippen LogP) is 2.72. The zero-order chi connectivity index (χ0) is 20.2. The molecule has 0 bridgehead atoms. The average Bonchev–Trinajstić information content (AvgIpc) is 3.11. The van der Waals surface area contributed by atoms with Crippen LogP contribution >= 0.6 is 0 Å². The summed E-state index contributed by atoms with van der Waals surface area (Å²) in [5.41, 5.74) is 4.14. The number of hydrogen-bond acceptors (Lipinski definition) is 6. The second-order valence-corrected chi connectivity index (χ2v) is 7.57. The molecule has 0 N–H and O–H groups in total. The second kappa shape index (κ2) is 8.73. The molecule has 29 heavy (non-hydrogen) atoms. The third-order valence-corrected chi connectivity index (χ3v) is 5.70. The number of fused-ring (bicyclic) bond motifs is 1. The number of carbonyl (C=O) groups is 1. The van der Waals surface area contributed by atoms with Crippen LogP contribution < -0.4 is 4.90 Å². The Kier molecular flexibility index (Phi) is 5.89. The number of hydrogen-bond donors (Lipinski definition) is 0. The molecule has 0 radical (unpaired) electrons. The number of nitrogens with zero attached hydrogens (tertiary/aromatic N) is 3. The molecule has 3 heterocycles. The van der Waals surface area contributed by atoms with E-state index in [2.05, 4.69) is 11.0 Å². The molecule has 0 saturated carbocycles. The van der Waals surface area contributed by atoms with Crippen molar-refractivity contribution in [2.24, 2.45) is 0 Å². The van der Waals surface area contributed by atoms with Crippen LogP contribution in [0.25, 0.3) is 0 Å². The standard InChI is InChI=1S/C23H25N3O3/c1-28-18-5-8-26(15-18)23-13-20(19-6-9-29-10-7-21(19)25-23)22(27)12-16-3-2-4-17(11-16)14-24/h2-4,11,13,18H,5-10,12,15H2,1H3/t18-/m0/s1. The van der Waals surface area contributed by atoms with Crippen molar-refractivity contribution < 1.29 is 14.3 Å². The summed E-state index contributed by atoms with van der Waals surface area (Å²) >= 11 is 0. The first-order valence-electron chi connectivity index (χ1n) is 10.1. The maximum absolute atomic E-state index is 13.3. The zero-order valence-corrected chi connectivity index (χ0v) is 16.7. The van der Waals surface area contributed by atoms with Crippen molar-refractivity contribution in [1.29, 1.82) is 5.26 Å². The molecule has 6 heteroatoms. The highest BCUT2D eigenvalue weighted by Gasteiger charge is 2.26. The molecular weight excluding hydrogens is 366 g/mol. The number of Topliss-reactive ketones (excluding diaryl/α,β-unsaturated/α-hetero) is 1. The van der Waals surface area contributed by atoms with Crippen molar-refractivity contribution in [2.45, 2.75) is 31.8 Å². The van der Waals surface area contributed by atoms with Crippen molar-refractivity contribution in [3.05, 3.63) is 58.3 Å². The van der Waals surface area contributed by atoms with Crippen molar-refractivity contribution in [3.63, 3.8) is 0 Å². The van der Waals surface area contributed by atoms with E-state index in [1.54, 1.807) is 19.2 Å². The van der Waals surface area contributed by atoms with E-state index in [1.807, 2.05) is 18.2 Å². The van der Waals surface area contributed by atoms with Gasteiger partial charge in [-0.3, -0.25) is 4.79 Å². The highest BCUT2D eigenvalue weighted by Crippen LogP contribution is 2.27. The van der Waals surface area contributed by atoms with Crippen LogP contribution in [0.4, 0.5) is 5.82 Å². The fourth-order valence-electron chi connectivity index (χ4n) is 4.11. The van der Waals surface area contributed by atoms with Crippen LogP contribution in [0.1, 0.15) is 39.2 Å². The van der Waals surface area contributed by atoms with Gasteiger partial charge < -0.3 is 14.4 Å². The summed E-state index contributed by atoms with van der Waals surface area (Å²) in [6.07, 6.45) is 2.85. The van der Waals surface area contributed by atoms with Crippen molar-refractivity contribution in [1.82, 2.24) is 4.98 Å². The van der Waals surface area contributed by atoms with E-state index in [0.717, 1.165) is 54.1 Å². The number of pyridine rings is 1. The van der Waals surface area contributed by atoms with Gasteiger partial charge in [-0.2, -0.15) is 5.26 Å². The molecule has 0 spiro atoms. The number of carbonyl (C=O) groups excluding carboxylic acids is 1. The van der Waals surface area contributed by atoms with Crippen LogP contribution in [0.15, 0.2) is 30.3 Å². The number of nitriles is 1. The number of ether oxygens (including phenoxy) is 2. The van der Waals surface area contributed by atoms with Gasteiger partial charge in [0, 0.05) is 44.3 Å². The van der Waals surface area contributed by atoms with E-state index in [9.17, 15) is 4.79 Å². The topological polar surface area (TPSA) is 75.5 Å². The third-order valence-electron chi connectivity index (χ3n) is 5.70. The smallest absolute Gasteiger partial charge is 0.167 e. The number of anilines is 1. The average molecular weight is 391 g/mol. The lowest BCUT2D eigenvalue weighted by molar-refractivity contribution is 0.0991. The van der Waals surface area contributed by atoms with E-state index in [0.29, 0.717) is 25.2 Å². The molecule has 2 aliphatic rings. The maximum atomic E-state index is 13.3. The Balaban J connectivity index is 1.67. The first-order valence-corrected chi connectivity index (χ1v) is 10.1. The van der Waals surface area contributed by atoms with Crippen LogP contribution in [0, 0.1) is 11.3 Å². The SMILES string of the molecule is CO[C@H]1CCN(c2cc(C(=O)Cc3cccc(C#N)c3)c3c(n2)CCOCC3)C1. The molecule has 1 aromatic heterocycles. The highest BCUT2D eigenvalue weighted by atomic mass is 16.5. The normalized spacial score (nSPS) is 18.8. The maximum Gasteiger partial charge on any atom is 0.167 e. The third kappa shape index (κ3) is 4.31. The molecule has 150 valence electrons. The minimum absolute atomic E-state index is 0.0596. The highest BCUT2D eigenvalue weighted by molar-refractivity contribution is 5.99. The lowest BCUT2D eigenvalue weighted by atomic mass is 9.95. The van der Waals surface area contributed by atoms with Crippen LogP contribution in [0.2, 0.25) is 0 Å². The number of benzene rings is 1. The Labute approximate surface area is 171 Å². The monoisotopic (exact) mass is 391 g/mol. The number of ketones is 1. The first-order chi connectivity index (χ1) is 14.2. The predicted molar refractivity (Wildman–Crippen MR) is 109 cm³/mol. The van der Waals surface area contributed by atoms with Crippen molar-refractivity contribution >= 4 is 11.6 Å². The molecule has 2 aliphatic heterocycles. The number of aromatic nitrogens is 1. The summed E-state index contributed by atoms with van der Waals surface area (Å²) in [4.78, 5) is 20.4. The molecule has 0 unspecified atom stereocenters. The summed E-state index contributed by atoms with van der Waals surface area (Å²) in [6, 6.07) is 11.3. The Morgan fingerprint density at radius 1 is 1.34 bits per heavy atom. The fraction of sp³-hybridized carbons (Fsp3) is 0.435. The lowest BCUT2D eigenvalue weighted by Gasteiger charge is -2.21. The van der Waals surface area contributed by atoms with Crippen molar-refractivity contribution in [3.8, 4) is 6.07 Å². The van der Waals surface area contributed by atoms with E-state index in [-0.39, 0.29) is 18.3 Å². The summed E-state index contributed by atoms with van der Waals surface area (Å²) in [5, 5.41) is 9.13. The van der Waals surface area contributed by atoms with Gasteiger partial charge >= 0.3 is 0 Å². The molecule has 1 aromatic carbocycles. The summed E-state index contributed by atoms with van der Waals surface area (Å²) < 4.78 is 11.1. The Hall–Kier alpha value is -2.75.